The van der Waals surface area contributed by atoms with Crippen LogP contribution in [0.4, 0.5) is 0 Å². The molecule has 0 aliphatic heterocycles. The number of hydrogen-bond donors (Lipinski definition) is 0. The van der Waals surface area contributed by atoms with Crippen LogP contribution in [0.2, 0.25) is 0 Å². The van der Waals surface area contributed by atoms with Crippen molar-refractivity contribution in [3.05, 3.63) is 17.7 Å². The number of ketones is 1. The molecular weight excluding hydrogens is 176 g/mol. The van der Waals surface area contributed by atoms with E-state index in [9.17, 15) is 4.79 Å². The summed E-state index contributed by atoms with van der Waals surface area (Å²) >= 11 is 0. The Kier molecular flexibility index (Phi) is 9.02. The molecule has 0 unspecified atom stereocenters. The minimum atomic E-state index is -0.169. The lowest BCUT2D eigenvalue weighted by Gasteiger charge is -1.93. The maximum Gasteiger partial charge on any atom is 0.323 e. The Hall–Kier alpha value is -1.21. The Morgan fingerprint density at radius 2 is 2.07 bits per heavy atom. The summed E-state index contributed by atoms with van der Waals surface area (Å²) in [5.74, 6) is -0.169. The first kappa shape index (κ1) is 12.8. The van der Waals surface area contributed by atoms with Crippen molar-refractivity contribution in [1.29, 1.82) is 0 Å². The van der Waals surface area contributed by atoms with Gasteiger partial charge in [-0.2, -0.15) is 4.79 Å². The van der Waals surface area contributed by atoms with E-state index in [2.05, 4.69) is 11.7 Å². The molecule has 0 heterocycles. The van der Waals surface area contributed by atoms with Gasteiger partial charge >= 0.3 is 6.21 Å². The fraction of sp³-hybridized carbons (Fsp3) is 0.636. The standard InChI is InChI=1S/C11H18N2O/c1-2-3-4-5-6-7-8-9-11(14)10-13-12/h7-8,10H,2-6,9H2,1H3/b8-7+. The van der Waals surface area contributed by atoms with Gasteiger partial charge in [0, 0.05) is 6.42 Å². The summed E-state index contributed by atoms with van der Waals surface area (Å²) in [5.41, 5.74) is 8.06. The molecule has 0 saturated carbocycles. The molecular formula is C11H18N2O. The first-order valence-corrected chi connectivity index (χ1v) is 5.16. The molecule has 0 radical (unpaired) electrons. The molecule has 0 rings (SSSR count). The van der Waals surface area contributed by atoms with Gasteiger partial charge in [0.1, 0.15) is 0 Å². The first-order valence-electron chi connectivity index (χ1n) is 5.16. The van der Waals surface area contributed by atoms with Gasteiger partial charge in [0.25, 0.3) is 0 Å². The van der Waals surface area contributed by atoms with Gasteiger partial charge in [-0.15, -0.1) is 0 Å². The summed E-state index contributed by atoms with van der Waals surface area (Å²) in [7, 11) is 0. The van der Waals surface area contributed by atoms with E-state index in [-0.39, 0.29) is 5.78 Å². The van der Waals surface area contributed by atoms with Crippen molar-refractivity contribution in [2.24, 2.45) is 0 Å². The van der Waals surface area contributed by atoms with E-state index in [4.69, 9.17) is 5.53 Å². The van der Waals surface area contributed by atoms with Crippen molar-refractivity contribution in [3.63, 3.8) is 0 Å². The average molecular weight is 194 g/mol. The summed E-state index contributed by atoms with van der Waals surface area (Å²) in [6, 6.07) is 0. The van der Waals surface area contributed by atoms with Gasteiger partial charge in [0.05, 0.1) is 0 Å². The molecule has 3 nitrogen and oxygen atoms in total. The fourth-order valence-electron chi connectivity index (χ4n) is 1.12. The molecule has 0 aromatic carbocycles. The average Bonchev–Trinajstić information content (AvgIpc) is 2.17. The van der Waals surface area contributed by atoms with Crippen LogP contribution < -0.4 is 0 Å². The van der Waals surface area contributed by atoms with Crippen LogP contribution >= 0.6 is 0 Å². The Balaban J connectivity index is 3.35. The first-order chi connectivity index (χ1) is 6.81. The molecule has 0 aliphatic rings. The van der Waals surface area contributed by atoms with Gasteiger partial charge in [-0.1, -0.05) is 38.3 Å². The highest BCUT2D eigenvalue weighted by molar-refractivity contribution is 6.25. The molecule has 0 saturated heterocycles. The van der Waals surface area contributed by atoms with Crippen LogP contribution in [-0.4, -0.2) is 16.8 Å². The summed E-state index contributed by atoms with van der Waals surface area (Å²) in [5, 5.41) is 0. The van der Waals surface area contributed by atoms with Crippen LogP contribution in [0.3, 0.4) is 0 Å². The smallest absolute Gasteiger partial charge is 0.323 e. The Morgan fingerprint density at radius 3 is 2.71 bits per heavy atom. The molecule has 0 bridgehead atoms. The van der Waals surface area contributed by atoms with Gasteiger partial charge in [0.15, 0.2) is 0 Å². The number of rotatable bonds is 8. The zero-order valence-electron chi connectivity index (χ0n) is 8.78. The highest BCUT2D eigenvalue weighted by Gasteiger charge is 1.96. The lowest BCUT2D eigenvalue weighted by Crippen LogP contribution is -1.96. The second-order valence-electron chi connectivity index (χ2n) is 3.24. The molecule has 0 aromatic rings. The number of allylic oxidation sites excluding steroid dienone is 2. The molecule has 0 spiro atoms. The van der Waals surface area contributed by atoms with Crippen molar-refractivity contribution < 1.29 is 9.58 Å². The minimum Gasteiger partial charge on any atom is -0.361 e. The number of nitrogens with zero attached hydrogens (tertiary/aromatic N) is 2. The van der Waals surface area contributed by atoms with Crippen molar-refractivity contribution in [2.75, 3.05) is 0 Å². The lowest BCUT2D eigenvalue weighted by molar-refractivity contribution is -0.115. The summed E-state index contributed by atoms with van der Waals surface area (Å²) in [6.07, 6.45) is 11.1. The van der Waals surface area contributed by atoms with E-state index in [0.29, 0.717) is 6.42 Å². The number of hydrogen-bond acceptors (Lipinski definition) is 1. The number of carbonyl (C=O) groups excluding carboxylic acids is 1. The van der Waals surface area contributed by atoms with Gasteiger partial charge in [-0.05, 0) is 12.8 Å². The summed E-state index contributed by atoms with van der Waals surface area (Å²) in [6.45, 7) is 2.18. The number of carbonyl (C=O) groups is 1. The second kappa shape index (κ2) is 9.87. The van der Waals surface area contributed by atoms with E-state index >= 15 is 0 Å². The van der Waals surface area contributed by atoms with Crippen molar-refractivity contribution >= 4 is 12.0 Å². The molecule has 0 fully saturated rings. The second-order valence-corrected chi connectivity index (χ2v) is 3.24. The van der Waals surface area contributed by atoms with Crippen LogP contribution in [-0.2, 0) is 4.79 Å². The largest absolute Gasteiger partial charge is 0.361 e. The molecule has 0 atom stereocenters. The van der Waals surface area contributed by atoms with E-state index in [1.165, 1.54) is 25.7 Å². The normalized spacial score (nSPS) is 10.1. The SMILES string of the molecule is CCCCCC/C=C/CC(=O)C=[N+]=[N-]. The Labute approximate surface area is 85.4 Å². The topological polar surface area (TPSA) is 53.5 Å². The molecule has 78 valence electrons. The van der Waals surface area contributed by atoms with Gasteiger partial charge < -0.3 is 5.53 Å². The molecule has 0 aliphatic carbocycles. The predicted octanol–water partition coefficient (Wildman–Crippen LogP) is 2.77. The fourth-order valence-corrected chi connectivity index (χ4v) is 1.12. The zero-order valence-corrected chi connectivity index (χ0v) is 8.78. The third-order valence-corrected chi connectivity index (χ3v) is 1.91. The molecule has 0 amide bonds. The van der Waals surface area contributed by atoms with Gasteiger partial charge in [-0.3, -0.25) is 4.79 Å². The van der Waals surface area contributed by atoms with E-state index in [1.54, 1.807) is 0 Å². The van der Waals surface area contributed by atoms with Crippen LogP contribution in [0.1, 0.15) is 45.4 Å². The van der Waals surface area contributed by atoms with Crippen LogP contribution in [0.25, 0.3) is 5.53 Å². The summed E-state index contributed by atoms with van der Waals surface area (Å²) < 4.78 is 0. The molecule has 3 heteroatoms. The Bertz CT molecular complexity index is 227. The van der Waals surface area contributed by atoms with E-state index in [1.807, 2.05) is 12.2 Å². The molecule has 0 N–H and O–H groups in total. The van der Waals surface area contributed by atoms with Crippen LogP contribution in [0.15, 0.2) is 12.2 Å². The third kappa shape index (κ3) is 8.88. The quantitative estimate of drug-likeness (QED) is 0.193. The molecule has 14 heavy (non-hydrogen) atoms. The maximum absolute atomic E-state index is 10.8. The van der Waals surface area contributed by atoms with Crippen molar-refractivity contribution in [3.8, 4) is 0 Å². The summed E-state index contributed by atoms with van der Waals surface area (Å²) in [4.78, 5) is 13.5. The van der Waals surface area contributed by atoms with E-state index in [0.717, 1.165) is 12.6 Å². The Morgan fingerprint density at radius 1 is 1.29 bits per heavy atom. The minimum absolute atomic E-state index is 0.169. The van der Waals surface area contributed by atoms with Gasteiger partial charge in [-0.25, -0.2) is 0 Å². The highest BCUT2D eigenvalue weighted by atomic mass is 16.1. The number of unbranched alkanes of at least 4 members (excludes halogenated alkanes) is 4. The maximum atomic E-state index is 10.8. The highest BCUT2D eigenvalue weighted by Crippen LogP contribution is 2.03. The van der Waals surface area contributed by atoms with Gasteiger partial charge in [0.2, 0.25) is 5.78 Å². The zero-order chi connectivity index (χ0) is 10.6. The molecule has 0 aromatic heterocycles. The monoisotopic (exact) mass is 194 g/mol. The van der Waals surface area contributed by atoms with Crippen molar-refractivity contribution in [2.45, 2.75) is 45.4 Å². The van der Waals surface area contributed by atoms with Crippen LogP contribution in [0.5, 0.6) is 0 Å². The van der Waals surface area contributed by atoms with E-state index < -0.39 is 0 Å². The predicted molar refractivity (Wildman–Crippen MR) is 57.2 cm³/mol. The lowest BCUT2D eigenvalue weighted by atomic mass is 10.1. The number of Topliss-reactive ketones (excluding diaryl/α,β-unsaturated/α-hetero) is 1. The van der Waals surface area contributed by atoms with Crippen LogP contribution in [0, 0.1) is 0 Å². The van der Waals surface area contributed by atoms with Crippen molar-refractivity contribution in [1.82, 2.24) is 0 Å². The third-order valence-electron chi connectivity index (χ3n) is 1.91.